The molecule has 2 aromatic carbocycles. The number of methoxy groups -OCH3 is 1. The topological polar surface area (TPSA) is 56.6 Å². The third kappa shape index (κ3) is 4.86. The van der Waals surface area contributed by atoms with Crippen molar-refractivity contribution in [1.82, 2.24) is 14.5 Å². The van der Waals surface area contributed by atoms with E-state index in [0.29, 0.717) is 25.3 Å². The number of aromatic nitrogens is 2. The molecule has 2 aliphatic heterocycles. The van der Waals surface area contributed by atoms with E-state index in [0.717, 1.165) is 47.3 Å². The van der Waals surface area contributed by atoms with Crippen molar-refractivity contribution in [3.8, 4) is 11.4 Å². The number of imidazole rings is 1. The quantitative estimate of drug-likeness (QED) is 0.457. The average Bonchev–Trinajstić information content (AvgIpc) is 3.55. The van der Waals surface area contributed by atoms with E-state index in [1.54, 1.807) is 25.6 Å². The Morgan fingerprint density at radius 3 is 2.71 bits per heavy atom. The van der Waals surface area contributed by atoms with Gasteiger partial charge in [-0.25, -0.2) is 9.37 Å². The number of hydrogen-bond acceptors (Lipinski definition) is 4. The number of halogens is 1. The molecular weight excluding hydrogens is 445 g/mol. The first kappa shape index (κ1) is 23.3. The highest BCUT2D eigenvalue weighted by molar-refractivity contribution is 5.99. The van der Waals surface area contributed by atoms with Crippen LogP contribution in [0.1, 0.15) is 48.5 Å². The van der Waals surface area contributed by atoms with Crippen LogP contribution in [0.5, 0.6) is 5.75 Å². The Bertz CT molecular complexity index is 1230. The van der Waals surface area contributed by atoms with E-state index in [4.69, 9.17) is 9.47 Å². The molecule has 182 valence electrons. The molecule has 2 fully saturated rings. The predicted octanol–water partition coefficient (Wildman–Crippen LogP) is 5.25. The van der Waals surface area contributed by atoms with Crippen molar-refractivity contribution in [3.63, 3.8) is 0 Å². The smallest absolute Gasteiger partial charge is 0.250 e. The Morgan fingerprint density at radius 2 is 2.03 bits per heavy atom. The second-order valence-electron chi connectivity index (χ2n) is 9.17. The second-order valence-corrected chi connectivity index (χ2v) is 9.17. The zero-order chi connectivity index (χ0) is 24.4. The van der Waals surface area contributed by atoms with Crippen LogP contribution in [0.2, 0.25) is 0 Å². The number of carbonyl (C=O) groups is 1. The molecule has 0 bridgehead atoms. The Hall–Kier alpha value is -3.45. The fraction of sp³-hybridized carbons (Fsp3) is 0.357. The minimum Gasteiger partial charge on any atom is -0.495 e. The van der Waals surface area contributed by atoms with Crippen LogP contribution in [-0.2, 0) is 9.53 Å². The first-order valence-corrected chi connectivity index (χ1v) is 12.1. The number of aryl methyl sites for hydroxylation is 1. The maximum absolute atomic E-state index is 13.7. The van der Waals surface area contributed by atoms with Crippen LogP contribution in [0, 0.1) is 12.7 Å². The van der Waals surface area contributed by atoms with Crippen molar-refractivity contribution in [2.45, 2.75) is 44.8 Å². The number of rotatable bonds is 6. The monoisotopic (exact) mass is 475 g/mol. The van der Waals surface area contributed by atoms with Gasteiger partial charge in [0.2, 0.25) is 5.91 Å². The molecule has 0 spiro atoms. The highest BCUT2D eigenvalue weighted by atomic mass is 19.1. The summed E-state index contributed by atoms with van der Waals surface area (Å²) in [6.45, 7) is 3.29. The molecule has 0 radical (unpaired) electrons. The molecule has 1 amide bonds. The zero-order valence-electron chi connectivity index (χ0n) is 20.1. The molecule has 3 aromatic rings. The predicted molar refractivity (Wildman–Crippen MR) is 132 cm³/mol. The zero-order valence-corrected chi connectivity index (χ0v) is 20.1. The average molecular weight is 476 g/mol. The molecule has 6 nitrogen and oxygen atoms in total. The van der Waals surface area contributed by atoms with Gasteiger partial charge >= 0.3 is 0 Å². The van der Waals surface area contributed by atoms with E-state index in [1.807, 2.05) is 46.9 Å². The number of hydrogen-bond donors (Lipinski definition) is 0. The Morgan fingerprint density at radius 1 is 1.20 bits per heavy atom. The molecular formula is C28H30FN3O3. The lowest BCUT2D eigenvalue weighted by atomic mass is 9.93. The minimum atomic E-state index is -0.284. The number of benzene rings is 2. The van der Waals surface area contributed by atoms with Crippen LogP contribution in [0.15, 0.2) is 60.6 Å². The van der Waals surface area contributed by atoms with Gasteiger partial charge < -0.3 is 18.9 Å². The van der Waals surface area contributed by atoms with Crippen LogP contribution in [-0.4, -0.2) is 46.7 Å². The Kier molecular flexibility index (Phi) is 6.68. The summed E-state index contributed by atoms with van der Waals surface area (Å²) in [5.74, 6) is 0.434. The van der Waals surface area contributed by atoms with E-state index in [1.165, 1.54) is 12.1 Å². The molecule has 2 aliphatic rings. The number of piperidine rings is 1. The summed E-state index contributed by atoms with van der Waals surface area (Å²) >= 11 is 0. The summed E-state index contributed by atoms with van der Waals surface area (Å²) < 4.78 is 27.2. The molecule has 7 heteroatoms. The molecule has 0 unspecified atom stereocenters. The van der Waals surface area contributed by atoms with Gasteiger partial charge in [0, 0.05) is 24.9 Å². The van der Waals surface area contributed by atoms with Gasteiger partial charge in [-0.15, -0.1) is 0 Å². The maximum Gasteiger partial charge on any atom is 0.250 e. The van der Waals surface area contributed by atoms with E-state index in [9.17, 15) is 9.18 Å². The fourth-order valence-electron chi connectivity index (χ4n) is 5.09. The summed E-state index contributed by atoms with van der Waals surface area (Å²) in [6, 6.07) is 12.1. The summed E-state index contributed by atoms with van der Waals surface area (Å²) in [6.07, 6.45) is 9.01. The lowest BCUT2D eigenvalue weighted by Gasteiger charge is -2.38. The van der Waals surface area contributed by atoms with E-state index >= 15 is 0 Å². The van der Waals surface area contributed by atoms with Crippen molar-refractivity contribution >= 4 is 12.0 Å². The van der Waals surface area contributed by atoms with Crippen molar-refractivity contribution in [3.05, 3.63) is 83.2 Å². The van der Waals surface area contributed by atoms with Crippen LogP contribution in [0.25, 0.3) is 11.8 Å². The lowest BCUT2D eigenvalue weighted by molar-refractivity contribution is -0.134. The first-order valence-electron chi connectivity index (χ1n) is 12.1. The van der Waals surface area contributed by atoms with Crippen LogP contribution in [0.4, 0.5) is 4.39 Å². The second kappa shape index (κ2) is 10.0. The van der Waals surface area contributed by atoms with Crippen molar-refractivity contribution < 1.29 is 18.7 Å². The molecule has 5 rings (SSSR count). The molecule has 0 saturated carbocycles. The fourth-order valence-corrected chi connectivity index (χ4v) is 5.09. The van der Waals surface area contributed by atoms with E-state index < -0.39 is 0 Å². The largest absolute Gasteiger partial charge is 0.495 e. The maximum atomic E-state index is 13.7. The highest BCUT2D eigenvalue weighted by Gasteiger charge is 2.37. The van der Waals surface area contributed by atoms with Gasteiger partial charge in [0.15, 0.2) is 0 Å². The van der Waals surface area contributed by atoms with Gasteiger partial charge in [-0.05, 0) is 74.1 Å². The molecule has 35 heavy (non-hydrogen) atoms. The van der Waals surface area contributed by atoms with Gasteiger partial charge in [0.1, 0.15) is 11.6 Å². The number of amides is 1. The van der Waals surface area contributed by atoms with Crippen LogP contribution >= 0.6 is 0 Å². The summed E-state index contributed by atoms with van der Waals surface area (Å²) in [4.78, 5) is 19.9. The van der Waals surface area contributed by atoms with Gasteiger partial charge in [-0.3, -0.25) is 4.79 Å². The lowest BCUT2D eigenvalue weighted by Crippen LogP contribution is -2.44. The van der Waals surface area contributed by atoms with Crippen LogP contribution in [0.3, 0.4) is 0 Å². The minimum absolute atomic E-state index is 0.00866. The SMILES string of the molecule is COc1cc(C=C2CCCN([C@H](c3ccc(F)cc3)[C@H]3CCCO3)C2=O)ccc1-n1cnc(C)c1. The summed E-state index contributed by atoms with van der Waals surface area (Å²) in [7, 11) is 1.64. The molecule has 0 aliphatic carbocycles. The normalized spacial score (nSPS) is 20.4. The van der Waals surface area contributed by atoms with Crippen molar-refractivity contribution in [2.24, 2.45) is 0 Å². The van der Waals surface area contributed by atoms with Gasteiger partial charge in [-0.1, -0.05) is 18.2 Å². The number of carbonyl (C=O) groups excluding carboxylic acids is 1. The molecule has 2 saturated heterocycles. The van der Waals surface area contributed by atoms with Crippen molar-refractivity contribution in [1.29, 1.82) is 0 Å². The summed E-state index contributed by atoms with van der Waals surface area (Å²) in [5.41, 5.74) is 4.39. The number of likely N-dealkylation sites (tertiary alicyclic amines) is 1. The van der Waals surface area contributed by atoms with E-state index in [-0.39, 0.29) is 23.9 Å². The van der Waals surface area contributed by atoms with Gasteiger partial charge in [0.05, 0.1) is 37.0 Å². The Balaban J connectivity index is 1.44. The summed E-state index contributed by atoms with van der Waals surface area (Å²) in [5, 5.41) is 0. The Labute approximate surface area is 205 Å². The standard InChI is InChI=1S/C28H30FN3O3/c1-19-17-31(18-30-19)24-12-7-20(16-26(24)34-2)15-22-5-3-13-32(28(22)33)27(25-6-4-14-35-25)21-8-10-23(29)11-9-21/h7-12,15-18,25,27H,3-6,13-14H2,1-2H3/t25-,27-/m1/s1. The number of ether oxygens (including phenoxy) is 2. The molecule has 1 aromatic heterocycles. The van der Waals surface area contributed by atoms with Gasteiger partial charge in [0.25, 0.3) is 0 Å². The third-order valence-corrected chi connectivity index (χ3v) is 6.78. The molecule has 2 atom stereocenters. The molecule has 3 heterocycles. The molecule has 0 N–H and O–H groups in total. The first-order chi connectivity index (χ1) is 17.0. The van der Waals surface area contributed by atoms with Gasteiger partial charge in [-0.2, -0.15) is 0 Å². The third-order valence-electron chi connectivity index (χ3n) is 6.78. The highest BCUT2D eigenvalue weighted by Crippen LogP contribution is 2.36. The van der Waals surface area contributed by atoms with E-state index in [2.05, 4.69) is 4.98 Å². The van der Waals surface area contributed by atoms with Crippen LogP contribution < -0.4 is 4.74 Å². The van der Waals surface area contributed by atoms with Crippen molar-refractivity contribution in [2.75, 3.05) is 20.3 Å². The number of nitrogens with zero attached hydrogens (tertiary/aromatic N) is 3.